The van der Waals surface area contributed by atoms with Crippen molar-refractivity contribution in [1.29, 1.82) is 0 Å². The first-order valence-electron chi connectivity index (χ1n) is 9.07. The minimum Gasteiger partial charge on any atom is -0.325 e. The lowest BCUT2D eigenvalue weighted by Gasteiger charge is -2.34. The van der Waals surface area contributed by atoms with Crippen molar-refractivity contribution >= 4 is 45.4 Å². The number of nitrogens with zero attached hydrogens (tertiary/aromatic N) is 3. The Morgan fingerprint density at radius 2 is 1.63 bits per heavy atom. The largest absolute Gasteiger partial charge is 0.325 e. The number of carbonyl (C=O) groups is 1. The second-order valence-corrected chi connectivity index (χ2v) is 8.39. The molecule has 1 saturated heterocycles. The molecule has 1 aliphatic rings. The summed E-state index contributed by atoms with van der Waals surface area (Å²) in [6.45, 7) is 4.89. The molecule has 4 rings (SSSR count). The van der Waals surface area contributed by atoms with Crippen molar-refractivity contribution < 1.29 is 4.79 Å². The van der Waals surface area contributed by atoms with Crippen LogP contribution in [-0.4, -0.2) is 53.0 Å². The van der Waals surface area contributed by atoms with Crippen LogP contribution in [0.5, 0.6) is 0 Å². The van der Waals surface area contributed by atoms with E-state index in [-0.39, 0.29) is 5.91 Å². The molecule has 1 aromatic heterocycles. The molecule has 1 fully saturated rings. The summed E-state index contributed by atoms with van der Waals surface area (Å²) in [7, 11) is 0. The van der Waals surface area contributed by atoms with Gasteiger partial charge in [0.2, 0.25) is 5.91 Å². The quantitative estimate of drug-likeness (QED) is 0.666. The van der Waals surface area contributed by atoms with Crippen LogP contribution < -0.4 is 5.32 Å². The Balaban J connectivity index is 1.30. The third-order valence-corrected chi connectivity index (χ3v) is 6.24. The number of anilines is 1. The molecule has 5 nitrogen and oxygen atoms in total. The number of nitrogens with one attached hydrogen (secondary N) is 1. The van der Waals surface area contributed by atoms with E-state index in [0.29, 0.717) is 6.54 Å². The maximum Gasteiger partial charge on any atom is 0.238 e. The molecule has 0 radical (unpaired) electrons. The van der Waals surface area contributed by atoms with Gasteiger partial charge in [0.25, 0.3) is 0 Å². The molecule has 1 aliphatic heterocycles. The van der Waals surface area contributed by atoms with Crippen molar-refractivity contribution in [2.24, 2.45) is 0 Å². The van der Waals surface area contributed by atoms with Gasteiger partial charge >= 0.3 is 0 Å². The molecule has 3 aromatic rings. The Bertz CT molecular complexity index is 974. The summed E-state index contributed by atoms with van der Waals surface area (Å²) >= 11 is 7.22. The molecule has 0 unspecified atom stereocenters. The Kier molecular flexibility index (Phi) is 5.63. The number of para-hydroxylation sites is 2. The summed E-state index contributed by atoms with van der Waals surface area (Å²) in [5.41, 5.74) is 2.05. The molecular weight excluding hydrogens is 376 g/mol. The third-order valence-electron chi connectivity index (χ3n) is 4.80. The summed E-state index contributed by atoms with van der Waals surface area (Å²) in [5, 5.41) is 2.95. The standard InChI is InChI=1S/C20H22N4OS2/c25-19(21-16-6-2-1-3-7-16)14-22-10-12-23(13-11-22)15-24-17-8-4-5-9-18(17)27-20(24)26/h1-9H,10-15H2,(H,21,25). The molecule has 0 saturated carbocycles. The van der Waals surface area contributed by atoms with Crippen molar-refractivity contribution in [1.82, 2.24) is 14.4 Å². The van der Waals surface area contributed by atoms with Gasteiger partial charge in [0.05, 0.1) is 23.4 Å². The summed E-state index contributed by atoms with van der Waals surface area (Å²) in [5.74, 6) is 0.0423. The zero-order valence-electron chi connectivity index (χ0n) is 15.0. The van der Waals surface area contributed by atoms with E-state index in [0.717, 1.165) is 42.5 Å². The topological polar surface area (TPSA) is 40.5 Å². The van der Waals surface area contributed by atoms with Gasteiger partial charge in [-0.25, -0.2) is 0 Å². The van der Waals surface area contributed by atoms with E-state index < -0.39 is 0 Å². The smallest absolute Gasteiger partial charge is 0.238 e. The van der Waals surface area contributed by atoms with Crippen LogP contribution in [0, 0.1) is 3.95 Å². The highest BCUT2D eigenvalue weighted by atomic mass is 32.1. The minimum atomic E-state index is 0.0423. The van der Waals surface area contributed by atoms with E-state index in [1.165, 1.54) is 10.2 Å². The zero-order valence-corrected chi connectivity index (χ0v) is 16.6. The first-order valence-corrected chi connectivity index (χ1v) is 10.3. The number of thiazole rings is 1. The van der Waals surface area contributed by atoms with Crippen molar-refractivity contribution in [3.05, 3.63) is 58.6 Å². The van der Waals surface area contributed by atoms with E-state index in [9.17, 15) is 4.79 Å². The van der Waals surface area contributed by atoms with Gasteiger partial charge in [-0.15, -0.1) is 11.3 Å². The molecule has 0 bridgehead atoms. The van der Waals surface area contributed by atoms with Crippen LogP contribution in [0.1, 0.15) is 0 Å². The Labute approximate surface area is 167 Å². The number of amides is 1. The lowest BCUT2D eigenvalue weighted by Crippen LogP contribution is -2.48. The van der Waals surface area contributed by atoms with Gasteiger partial charge < -0.3 is 9.88 Å². The van der Waals surface area contributed by atoms with E-state index in [1.54, 1.807) is 11.3 Å². The zero-order chi connectivity index (χ0) is 18.6. The van der Waals surface area contributed by atoms with Gasteiger partial charge in [0.1, 0.15) is 0 Å². The van der Waals surface area contributed by atoms with E-state index in [2.05, 4.69) is 43.9 Å². The van der Waals surface area contributed by atoms with Gasteiger partial charge in [-0.3, -0.25) is 14.6 Å². The summed E-state index contributed by atoms with van der Waals surface area (Å²) in [6, 6.07) is 18.0. The number of rotatable bonds is 5. The fourth-order valence-corrected chi connectivity index (χ4v) is 4.67. The molecule has 1 amide bonds. The van der Waals surface area contributed by atoms with Crippen LogP contribution in [0.4, 0.5) is 5.69 Å². The third kappa shape index (κ3) is 4.44. The number of benzene rings is 2. The molecule has 0 atom stereocenters. The number of carbonyl (C=O) groups excluding carboxylic acids is 1. The van der Waals surface area contributed by atoms with Gasteiger partial charge in [-0.05, 0) is 36.5 Å². The Morgan fingerprint density at radius 3 is 2.41 bits per heavy atom. The van der Waals surface area contributed by atoms with Gasteiger partial charge in [-0.2, -0.15) is 0 Å². The number of hydrogen-bond donors (Lipinski definition) is 1. The molecule has 7 heteroatoms. The van der Waals surface area contributed by atoms with Gasteiger partial charge in [0.15, 0.2) is 3.95 Å². The monoisotopic (exact) mass is 398 g/mol. The van der Waals surface area contributed by atoms with Crippen LogP contribution in [0.15, 0.2) is 54.6 Å². The van der Waals surface area contributed by atoms with Crippen LogP contribution in [0.3, 0.4) is 0 Å². The number of fused-ring (bicyclic) bond motifs is 1. The molecule has 2 heterocycles. The lowest BCUT2D eigenvalue weighted by molar-refractivity contribution is -0.117. The van der Waals surface area contributed by atoms with Crippen LogP contribution >= 0.6 is 23.6 Å². The predicted octanol–water partition coefficient (Wildman–Crippen LogP) is 3.65. The highest BCUT2D eigenvalue weighted by Crippen LogP contribution is 2.23. The highest BCUT2D eigenvalue weighted by molar-refractivity contribution is 7.73. The minimum absolute atomic E-state index is 0.0423. The first-order chi connectivity index (χ1) is 13.2. The average molecular weight is 399 g/mol. The molecule has 0 spiro atoms. The number of aromatic nitrogens is 1. The first kappa shape index (κ1) is 18.3. The fraction of sp³-hybridized carbons (Fsp3) is 0.300. The molecular formula is C20H22N4OS2. The predicted molar refractivity (Wildman–Crippen MR) is 114 cm³/mol. The number of hydrogen-bond acceptors (Lipinski definition) is 5. The highest BCUT2D eigenvalue weighted by Gasteiger charge is 2.20. The maximum atomic E-state index is 12.2. The second kappa shape index (κ2) is 8.31. The molecule has 140 valence electrons. The van der Waals surface area contributed by atoms with Crippen molar-refractivity contribution in [3.8, 4) is 0 Å². The van der Waals surface area contributed by atoms with E-state index >= 15 is 0 Å². The molecule has 1 N–H and O–H groups in total. The van der Waals surface area contributed by atoms with Crippen LogP contribution in [-0.2, 0) is 11.5 Å². The Morgan fingerprint density at radius 1 is 0.963 bits per heavy atom. The van der Waals surface area contributed by atoms with E-state index in [1.807, 2.05) is 30.3 Å². The molecule has 27 heavy (non-hydrogen) atoms. The fourth-order valence-electron chi connectivity index (χ4n) is 3.36. The maximum absolute atomic E-state index is 12.2. The second-order valence-electron chi connectivity index (χ2n) is 6.71. The van der Waals surface area contributed by atoms with Crippen LogP contribution in [0.25, 0.3) is 10.2 Å². The van der Waals surface area contributed by atoms with Crippen molar-refractivity contribution in [2.75, 3.05) is 38.0 Å². The molecule has 2 aromatic carbocycles. The van der Waals surface area contributed by atoms with Crippen molar-refractivity contribution in [2.45, 2.75) is 6.67 Å². The SMILES string of the molecule is O=C(CN1CCN(Cn2c(=S)sc3ccccc32)CC1)Nc1ccccc1. The van der Waals surface area contributed by atoms with E-state index in [4.69, 9.17) is 12.2 Å². The number of piperazine rings is 1. The molecule has 0 aliphatic carbocycles. The summed E-state index contributed by atoms with van der Waals surface area (Å²) < 4.78 is 4.37. The normalized spacial score (nSPS) is 15.9. The lowest BCUT2D eigenvalue weighted by atomic mass is 10.3. The average Bonchev–Trinajstić information content (AvgIpc) is 2.99. The Hall–Kier alpha value is -2.06. The van der Waals surface area contributed by atoms with Gasteiger partial charge in [0, 0.05) is 31.9 Å². The summed E-state index contributed by atoms with van der Waals surface area (Å²) in [4.78, 5) is 16.8. The summed E-state index contributed by atoms with van der Waals surface area (Å²) in [6.07, 6.45) is 0. The van der Waals surface area contributed by atoms with Gasteiger partial charge in [-0.1, -0.05) is 30.3 Å². The van der Waals surface area contributed by atoms with Crippen LogP contribution in [0.2, 0.25) is 0 Å². The van der Waals surface area contributed by atoms with Crippen molar-refractivity contribution in [3.63, 3.8) is 0 Å².